The fraction of sp³-hybridized carbons (Fsp3) is 0.312. The van der Waals surface area contributed by atoms with E-state index >= 15 is 0 Å². The molecule has 0 saturated heterocycles. The average Bonchev–Trinajstić information content (AvgIpc) is 2.83. The van der Waals surface area contributed by atoms with Gasteiger partial charge in [-0.05, 0) is 23.1 Å². The lowest BCUT2D eigenvalue weighted by Crippen LogP contribution is -2.31. The van der Waals surface area contributed by atoms with Gasteiger partial charge in [0.1, 0.15) is 4.34 Å². The Morgan fingerprint density at radius 3 is 2.32 bits per heavy atom. The summed E-state index contributed by atoms with van der Waals surface area (Å²) in [6.45, 7) is 4.62. The fourth-order valence-electron chi connectivity index (χ4n) is 2.04. The van der Waals surface area contributed by atoms with Gasteiger partial charge in [0, 0.05) is 12.6 Å². The van der Waals surface area contributed by atoms with Gasteiger partial charge in [-0.15, -0.1) is 11.3 Å². The van der Waals surface area contributed by atoms with Crippen molar-refractivity contribution in [3.8, 4) is 0 Å². The molecule has 0 bridgehead atoms. The minimum absolute atomic E-state index is 0.262. The van der Waals surface area contributed by atoms with E-state index in [4.69, 9.17) is 28.9 Å². The molecule has 3 N–H and O–H groups in total. The highest BCUT2D eigenvalue weighted by atomic mass is 35.5. The second-order valence-corrected chi connectivity index (χ2v) is 7.66. The summed E-state index contributed by atoms with van der Waals surface area (Å²) in [6, 6.07) is 9.43. The van der Waals surface area contributed by atoms with Gasteiger partial charge in [-0.3, -0.25) is 4.79 Å². The van der Waals surface area contributed by atoms with Crippen LogP contribution in [0.4, 0.5) is 0 Å². The van der Waals surface area contributed by atoms with Gasteiger partial charge in [0.05, 0.1) is 9.90 Å². The van der Waals surface area contributed by atoms with Crippen molar-refractivity contribution in [3.63, 3.8) is 0 Å². The van der Waals surface area contributed by atoms with Crippen LogP contribution in [0.3, 0.4) is 0 Å². The zero-order chi connectivity index (χ0) is 16.3. The zero-order valence-corrected chi connectivity index (χ0v) is 14.7. The van der Waals surface area contributed by atoms with Crippen molar-refractivity contribution in [1.82, 2.24) is 5.32 Å². The van der Waals surface area contributed by atoms with Gasteiger partial charge in [0.2, 0.25) is 0 Å². The molecule has 2 aromatic rings. The van der Waals surface area contributed by atoms with E-state index in [0.717, 1.165) is 5.56 Å². The number of hydrogen-bond acceptors (Lipinski definition) is 3. The van der Waals surface area contributed by atoms with Crippen molar-refractivity contribution in [1.29, 1.82) is 0 Å². The normalized spacial score (nSPS) is 12.5. The van der Waals surface area contributed by atoms with Gasteiger partial charge >= 0.3 is 0 Å². The molecule has 1 amide bonds. The molecule has 2 rings (SSSR count). The number of nitrogens with two attached hydrogens (primary N) is 1. The molecular weight excluding hydrogens is 339 g/mol. The van der Waals surface area contributed by atoms with Crippen LogP contribution in [0.2, 0.25) is 8.67 Å². The molecule has 0 spiro atoms. The Hall–Kier alpha value is -1.07. The summed E-state index contributed by atoms with van der Waals surface area (Å²) in [4.78, 5) is 12.1. The van der Waals surface area contributed by atoms with Gasteiger partial charge < -0.3 is 11.1 Å². The van der Waals surface area contributed by atoms with Crippen molar-refractivity contribution in [2.45, 2.75) is 25.8 Å². The molecule has 118 valence electrons. The summed E-state index contributed by atoms with van der Waals surface area (Å²) in [5.74, 6) is 0.220. The van der Waals surface area contributed by atoms with E-state index in [1.165, 1.54) is 16.9 Å². The predicted octanol–water partition coefficient (Wildman–Crippen LogP) is 4.61. The molecule has 0 saturated carbocycles. The van der Waals surface area contributed by atoms with Gasteiger partial charge in [0.25, 0.3) is 5.91 Å². The molecule has 0 fully saturated rings. The summed E-state index contributed by atoms with van der Waals surface area (Å²) in [5.41, 5.74) is 8.76. The van der Waals surface area contributed by atoms with Crippen molar-refractivity contribution in [3.05, 3.63) is 55.7 Å². The monoisotopic (exact) mass is 356 g/mol. The van der Waals surface area contributed by atoms with E-state index < -0.39 is 0 Å². The Morgan fingerprint density at radius 1 is 1.23 bits per heavy atom. The minimum atomic E-state index is -0.266. The SMILES string of the molecule is CC(C)c1ccc(C(N)CNC(=O)c2cc(Cl)sc2Cl)cc1. The van der Waals surface area contributed by atoms with E-state index in [1.807, 2.05) is 12.1 Å². The van der Waals surface area contributed by atoms with Crippen LogP contribution in [0.5, 0.6) is 0 Å². The number of hydrogen-bond donors (Lipinski definition) is 2. The van der Waals surface area contributed by atoms with Crippen LogP contribution >= 0.6 is 34.5 Å². The Kier molecular flexibility index (Phi) is 5.87. The maximum atomic E-state index is 12.1. The van der Waals surface area contributed by atoms with Crippen LogP contribution < -0.4 is 11.1 Å². The lowest BCUT2D eigenvalue weighted by atomic mass is 9.99. The first-order chi connectivity index (χ1) is 10.4. The average molecular weight is 357 g/mol. The van der Waals surface area contributed by atoms with Gasteiger partial charge in [-0.25, -0.2) is 0 Å². The molecule has 0 aliphatic heterocycles. The van der Waals surface area contributed by atoms with E-state index in [-0.39, 0.29) is 11.9 Å². The maximum Gasteiger partial charge on any atom is 0.253 e. The number of benzene rings is 1. The largest absolute Gasteiger partial charge is 0.350 e. The highest BCUT2D eigenvalue weighted by molar-refractivity contribution is 7.20. The van der Waals surface area contributed by atoms with Crippen LogP contribution in [0.25, 0.3) is 0 Å². The fourth-order valence-corrected chi connectivity index (χ4v) is 3.50. The third kappa shape index (κ3) is 4.23. The molecule has 1 unspecified atom stereocenters. The molecule has 1 aromatic carbocycles. The van der Waals surface area contributed by atoms with Crippen LogP contribution in [-0.2, 0) is 0 Å². The minimum Gasteiger partial charge on any atom is -0.350 e. The van der Waals surface area contributed by atoms with Crippen molar-refractivity contribution >= 4 is 40.4 Å². The summed E-state index contributed by atoms with van der Waals surface area (Å²) in [6.07, 6.45) is 0. The first-order valence-corrected chi connectivity index (χ1v) is 8.54. The molecule has 22 heavy (non-hydrogen) atoms. The first kappa shape index (κ1) is 17.3. The summed E-state index contributed by atoms with van der Waals surface area (Å²) < 4.78 is 0.876. The Labute approximate surface area is 144 Å². The van der Waals surface area contributed by atoms with E-state index in [2.05, 4.69) is 31.3 Å². The summed E-state index contributed by atoms with van der Waals surface area (Å²) in [7, 11) is 0. The number of carbonyl (C=O) groups excluding carboxylic acids is 1. The van der Waals surface area contributed by atoms with E-state index in [0.29, 0.717) is 26.7 Å². The zero-order valence-electron chi connectivity index (χ0n) is 12.4. The Bertz CT molecular complexity index is 653. The number of rotatable bonds is 5. The smallest absolute Gasteiger partial charge is 0.253 e. The molecule has 0 aliphatic rings. The van der Waals surface area contributed by atoms with E-state index in [9.17, 15) is 4.79 Å². The summed E-state index contributed by atoms with van der Waals surface area (Å²) in [5, 5.41) is 2.79. The van der Waals surface area contributed by atoms with Crippen LogP contribution in [0.15, 0.2) is 30.3 Å². The highest BCUT2D eigenvalue weighted by Gasteiger charge is 2.15. The van der Waals surface area contributed by atoms with Crippen molar-refractivity contribution in [2.75, 3.05) is 6.54 Å². The lowest BCUT2D eigenvalue weighted by molar-refractivity contribution is 0.0952. The van der Waals surface area contributed by atoms with Crippen molar-refractivity contribution < 1.29 is 4.79 Å². The topological polar surface area (TPSA) is 55.1 Å². The quantitative estimate of drug-likeness (QED) is 0.821. The number of amides is 1. The highest BCUT2D eigenvalue weighted by Crippen LogP contribution is 2.31. The second-order valence-electron chi connectivity index (χ2n) is 5.38. The predicted molar refractivity (Wildman–Crippen MR) is 94.1 cm³/mol. The number of thiophene rings is 1. The molecule has 0 aliphatic carbocycles. The van der Waals surface area contributed by atoms with Crippen LogP contribution in [-0.4, -0.2) is 12.5 Å². The maximum absolute atomic E-state index is 12.1. The number of halogens is 2. The molecule has 1 aromatic heterocycles. The summed E-state index contributed by atoms with van der Waals surface area (Å²) >= 11 is 13.0. The molecule has 0 radical (unpaired) electrons. The molecule has 6 heteroatoms. The van der Waals surface area contributed by atoms with E-state index in [1.54, 1.807) is 6.07 Å². The molecule has 3 nitrogen and oxygen atoms in total. The van der Waals surface area contributed by atoms with Gasteiger partial charge in [0.15, 0.2) is 0 Å². The third-order valence-electron chi connectivity index (χ3n) is 3.42. The first-order valence-electron chi connectivity index (χ1n) is 6.97. The number of carbonyl (C=O) groups is 1. The van der Waals surface area contributed by atoms with Crippen LogP contribution in [0, 0.1) is 0 Å². The van der Waals surface area contributed by atoms with Crippen molar-refractivity contribution in [2.24, 2.45) is 5.73 Å². The Morgan fingerprint density at radius 2 is 1.82 bits per heavy atom. The van der Waals surface area contributed by atoms with Gasteiger partial charge in [-0.2, -0.15) is 0 Å². The van der Waals surface area contributed by atoms with Crippen LogP contribution in [0.1, 0.15) is 47.3 Å². The molecule has 1 heterocycles. The van der Waals surface area contributed by atoms with Gasteiger partial charge in [-0.1, -0.05) is 61.3 Å². The molecule has 1 atom stereocenters. The lowest BCUT2D eigenvalue weighted by Gasteiger charge is -2.14. The number of nitrogens with one attached hydrogen (secondary N) is 1. The Balaban J connectivity index is 1.96. The standard InChI is InChI=1S/C16H18Cl2N2OS/c1-9(2)10-3-5-11(6-4-10)13(19)8-20-16(21)12-7-14(17)22-15(12)18/h3-7,9,13H,8,19H2,1-2H3,(H,20,21). The second kappa shape index (κ2) is 7.47. The molecular formula is C16H18Cl2N2OS. The third-order valence-corrected chi connectivity index (χ3v) is 4.90.